The first kappa shape index (κ1) is 20.0. The maximum Gasteiger partial charge on any atom is 0.279 e. The molecule has 0 bridgehead atoms. The lowest BCUT2D eigenvalue weighted by Gasteiger charge is -2.30. The van der Waals surface area contributed by atoms with Gasteiger partial charge in [0.1, 0.15) is 0 Å². The number of benzene rings is 1. The molecule has 0 radical (unpaired) electrons. The van der Waals surface area contributed by atoms with Gasteiger partial charge in [-0.05, 0) is 56.7 Å². The van der Waals surface area contributed by atoms with Crippen molar-refractivity contribution in [1.82, 2.24) is 9.03 Å². The van der Waals surface area contributed by atoms with Crippen molar-refractivity contribution in [2.75, 3.05) is 32.8 Å². The molecule has 1 fully saturated rings. The quantitative estimate of drug-likeness (QED) is 0.725. The molecular formula is C18H30N2O4S. The Hall–Kier alpha value is -1.31. The fourth-order valence-electron chi connectivity index (χ4n) is 3.03. The first-order valence-corrected chi connectivity index (χ1v) is 10.5. The van der Waals surface area contributed by atoms with Crippen molar-refractivity contribution in [3.05, 3.63) is 23.8 Å². The summed E-state index contributed by atoms with van der Waals surface area (Å²) in [7, 11) is -3.40. The highest BCUT2D eigenvalue weighted by Gasteiger charge is 2.26. The van der Waals surface area contributed by atoms with Gasteiger partial charge in [-0.1, -0.05) is 13.0 Å². The van der Waals surface area contributed by atoms with E-state index in [1.807, 2.05) is 32.0 Å². The van der Waals surface area contributed by atoms with E-state index in [0.29, 0.717) is 50.9 Å². The minimum absolute atomic E-state index is 0.368. The van der Waals surface area contributed by atoms with E-state index in [9.17, 15) is 8.42 Å². The van der Waals surface area contributed by atoms with Crippen LogP contribution in [0.4, 0.5) is 0 Å². The minimum Gasteiger partial charge on any atom is -0.490 e. The second-order valence-corrected chi connectivity index (χ2v) is 8.16. The number of nitrogens with zero attached hydrogens (tertiary/aromatic N) is 1. The van der Waals surface area contributed by atoms with Crippen molar-refractivity contribution in [3.63, 3.8) is 0 Å². The molecule has 6 nitrogen and oxygen atoms in total. The third kappa shape index (κ3) is 5.87. The summed E-state index contributed by atoms with van der Waals surface area (Å²) in [6.07, 6.45) is 2.63. The first-order valence-electron chi connectivity index (χ1n) is 9.09. The molecule has 0 aliphatic carbocycles. The fourth-order valence-corrected chi connectivity index (χ4v) is 4.39. The minimum atomic E-state index is -3.40. The third-order valence-electron chi connectivity index (χ3n) is 4.27. The predicted octanol–water partition coefficient (Wildman–Crippen LogP) is 2.59. The van der Waals surface area contributed by atoms with Crippen molar-refractivity contribution in [1.29, 1.82) is 0 Å². The van der Waals surface area contributed by atoms with Crippen molar-refractivity contribution in [3.8, 4) is 11.5 Å². The Morgan fingerprint density at radius 2 is 1.92 bits per heavy atom. The normalized spacial score (nSPS) is 18.9. The van der Waals surface area contributed by atoms with Gasteiger partial charge in [0.2, 0.25) is 0 Å². The van der Waals surface area contributed by atoms with Gasteiger partial charge in [0.25, 0.3) is 10.2 Å². The van der Waals surface area contributed by atoms with Crippen LogP contribution in [0.15, 0.2) is 18.2 Å². The number of hydrogen-bond acceptors (Lipinski definition) is 4. The zero-order chi connectivity index (χ0) is 18.3. The van der Waals surface area contributed by atoms with Crippen LogP contribution >= 0.6 is 0 Å². The molecule has 0 amide bonds. The molecule has 1 saturated heterocycles. The molecule has 142 valence electrons. The third-order valence-corrected chi connectivity index (χ3v) is 5.85. The van der Waals surface area contributed by atoms with E-state index >= 15 is 0 Å². The summed E-state index contributed by atoms with van der Waals surface area (Å²) in [6, 6.07) is 5.75. The second-order valence-electron chi connectivity index (χ2n) is 6.40. The van der Waals surface area contributed by atoms with Crippen LogP contribution in [0, 0.1) is 5.92 Å². The zero-order valence-electron chi connectivity index (χ0n) is 15.5. The summed E-state index contributed by atoms with van der Waals surface area (Å²) in [5, 5.41) is 0. The lowest BCUT2D eigenvalue weighted by atomic mass is 10.0. The molecule has 1 heterocycles. The number of hydrogen-bond donors (Lipinski definition) is 1. The SMILES string of the molecule is CCOc1ccc(CCNS(=O)(=O)N2CCCC(C)C2)cc1OCC. The van der Waals surface area contributed by atoms with E-state index < -0.39 is 10.2 Å². The Morgan fingerprint density at radius 3 is 2.60 bits per heavy atom. The zero-order valence-corrected chi connectivity index (χ0v) is 16.3. The van der Waals surface area contributed by atoms with E-state index in [0.717, 1.165) is 24.2 Å². The van der Waals surface area contributed by atoms with Gasteiger partial charge in [0, 0.05) is 19.6 Å². The van der Waals surface area contributed by atoms with Crippen LogP contribution in [0.3, 0.4) is 0 Å². The molecule has 1 atom stereocenters. The molecular weight excluding hydrogens is 340 g/mol. The second kappa shape index (κ2) is 9.40. The van der Waals surface area contributed by atoms with Crippen molar-refractivity contribution in [2.24, 2.45) is 5.92 Å². The summed E-state index contributed by atoms with van der Waals surface area (Å²) >= 11 is 0. The van der Waals surface area contributed by atoms with Crippen molar-refractivity contribution in [2.45, 2.75) is 40.0 Å². The Balaban J connectivity index is 1.93. The summed E-state index contributed by atoms with van der Waals surface area (Å²) in [6.45, 7) is 8.67. The highest BCUT2D eigenvalue weighted by Crippen LogP contribution is 2.28. The van der Waals surface area contributed by atoms with Gasteiger partial charge in [-0.15, -0.1) is 0 Å². The van der Waals surface area contributed by atoms with Crippen LogP contribution < -0.4 is 14.2 Å². The summed E-state index contributed by atoms with van der Waals surface area (Å²) in [5.41, 5.74) is 1.02. The van der Waals surface area contributed by atoms with Crippen LogP contribution in [-0.4, -0.2) is 45.6 Å². The Labute approximate surface area is 151 Å². The maximum absolute atomic E-state index is 12.4. The molecule has 2 rings (SSSR count). The van der Waals surface area contributed by atoms with E-state index in [1.165, 1.54) is 0 Å². The van der Waals surface area contributed by atoms with Crippen LogP contribution in [0.1, 0.15) is 39.2 Å². The summed E-state index contributed by atoms with van der Waals surface area (Å²) in [5.74, 6) is 1.84. The summed E-state index contributed by atoms with van der Waals surface area (Å²) in [4.78, 5) is 0. The predicted molar refractivity (Wildman–Crippen MR) is 99.4 cm³/mol. The monoisotopic (exact) mass is 370 g/mol. The van der Waals surface area contributed by atoms with Gasteiger partial charge in [0.05, 0.1) is 13.2 Å². The van der Waals surface area contributed by atoms with E-state index in [4.69, 9.17) is 9.47 Å². The summed E-state index contributed by atoms with van der Waals surface area (Å²) < 4.78 is 40.2. The van der Waals surface area contributed by atoms with Gasteiger partial charge in [-0.3, -0.25) is 0 Å². The topological polar surface area (TPSA) is 67.9 Å². The molecule has 25 heavy (non-hydrogen) atoms. The number of piperidine rings is 1. The van der Waals surface area contributed by atoms with Gasteiger partial charge >= 0.3 is 0 Å². The van der Waals surface area contributed by atoms with E-state index in [2.05, 4.69) is 11.6 Å². The van der Waals surface area contributed by atoms with Crippen molar-refractivity contribution >= 4 is 10.2 Å². The molecule has 1 aliphatic heterocycles. The van der Waals surface area contributed by atoms with Gasteiger partial charge in [-0.2, -0.15) is 12.7 Å². The smallest absolute Gasteiger partial charge is 0.279 e. The molecule has 0 aromatic heterocycles. The van der Waals surface area contributed by atoms with Gasteiger partial charge in [-0.25, -0.2) is 4.72 Å². The first-order chi connectivity index (χ1) is 12.0. The average Bonchev–Trinajstić information content (AvgIpc) is 2.57. The van der Waals surface area contributed by atoms with E-state index in [-0.39, 0.29) is 0 Å². The molecule has 0 spiro atoms. The Morgan fingerprint density at radius 1 is 1.20 bits per heavy atom. The van der Waals surface area contributed by atoms with Crippen LogP contribution in [0.25, 0.3) is 0 Å². The molecule has 1 N–H and O–H groups in total. The fraction of sp³-hybridized carbons (Fsp3) is 0.667. The lowest BCUT2D eigenvalue weighted by Crippen LogP contribution is -2.46. The number of nitrogens with one attached hydrogen (secondary N) is 1. The Kier molecular flexibility index (Phi) is 7.53. The largest absolute Gasteiger partial charge is 0.490 e. The molecule has 7 heteroatoms. The molecule has 1 aliphatic rings. The molecule has 0 saturated carbocycles. The lowest BCUT2D eigenvalue weighted by molar-refractivity contribution is 0.278. The van der Waals surface area contributed by atoms with Gasteiger partial charge in [0.15, 0.2) is 11.5 Å². The number of ether oxygens (including phenoxy) is 2. The number of rotatable bonds is 9. The van der Waals surface area contributed by atoms with Crippen LogP contribution in [0.2, 0.25) is 0 Å². The molecule has 1 unspecified atom stereocenters. The van der Waals surface area contributed by atoms with Crippen LogP contribution in [0.5, 0.6) is 11.5 Å². The average molecular weight is 371 g/mol. The maximum atomic E-state index is 12.4. The van der Waals surface area contributed by atoms with E-state index in [1.54, 1.807) is 4.31 Å². The Bertz CT molecular complexity index is 648. The highest BCUT2D eigenvalue weighted by atomic mass is 32.2. The highest BCUT2D eigenvalue weighted by molar-refractivity contribution is 7.87. The molecule has 1 aromatic carbocycles. The van der Waals surface area contributed by atoms with Crippen molar-refractivity contribution < 1.29 is 17.9 Å². The molecule has 1 aromatic rings. The van der Waals surface area contributed by atoms with Crippen LogP contribution in [-0.2, 0) is 16.6 Å². The standard InChI is InChI=1S/C18H30N2O4S/c1-4-23-17-9-8-16(13-18(17)24-5-2)10-11-19-25(21,22)20-12-6-7-15(3)14-20/h8-9,13,15,19H,4-7,10-12,14H2,1-3H3. The van der Waals surface area contributed by atoms with Gasteiger partial charge < -0.3 is 9.47 Å².